The summed E-state index contributed by atoms with van der Waals surface area (Å²) in [6, 6.07) is 31.4. The predicted molar refractivity (Wildman–Crippen MR) is 126 cm³/mol. The van der Waals surface area contributed by atoms with Gasteiger partial charge in [0.1, 0.15) is 12.8 Å². The van der Waals surface area contributed by atoms with Gasteiger partial charge in [-0.1, -0.05) is 42.5 Å². The third-order valence-electron chi connectivity index (χ3n) is 5.33. The zero-order valence-corrected chi connectivity index (χ0v) is 17.7. The molecule has 4 nitrogen and oxygen atoms in total. The number of aromatic nitrogens is 1. The van der Waals surface area contributed by atoms with Gasteiger partial charge in [0.25, 0.3) is 0 Å². The van der Waals surface area contributed by atoms with Crippen LogP contribution >= 0.6 is 0 Å². The van der Waals surface area contributed by atoms with E-state index in [1.807, 2.05) is 18.1 Å². The Morgan fingerprint density at radius 1 is 0.867 bits per heavy atom. The molecule has 1 heterocycles. The summed E-state index contributed by atoms with van der Waals surface area (Å²) in [4.78, 5) is 0. The van der Waals surface area contributed by atoms with Crippen LogP contribution in [0.15, 0.2) is 96.1 Å². The number of rotatable bonds is 6. The number of hydrogen-bond acceptors (Lipinski definition) is 3. The van der Waals surface area contributed by atoms with Gasteiger partial charge in [-0.25, -0.2) is 0 Å². The summed E-state index contributed by atoms with van der Waals surface area (Å²) in [6.45, 7) is 2.86. The Morgan fingerprint density at radius 3 is 2.33 bits per heavy atom. The molecule has 4 aromatic rings. The zero-order chi connectivity index (χ0) is 20.9. The molecule has 0 atom stereocenters. The normalized spacial score (nSPS) is 11.5. The van der Waals surface area contributed by atoms with E-state index in [1.165, 1.54) is 16.5 Å². The number of nitrogens with zero attached hydrogens (tertiary/aromatic N) is 3. The Hall–Kier alpha value is -3.66. The van der Waals surface area contributed by atoms with Gasteiger partial charge in [0, 0.05) is 36.8 Å². The van der Waals surface area contributed by atoms with Gasteiger partial charge in [0.2, 0.25) is 11.2 Å². The van der Waals surface area contributed by atoms with Crippen molar-refractivity contribution in [2.24, 2.45) is 12.1 Å². The summed E-state index contributed by atoms with van der Waals surface area (Å²) >= 11 is 0. The molecule has 0 radical (unpaired) electrons. The highest BCUT2D eigenvalue weighted by atomic mass is 15.4. The van der Waals surface area contributed by atoms with E-state index < -0.39 is 0 Å². The van der Waals surface area contributed by atoms with Crippen LogP contribution in [0.5, 0.6) is 0 Å². The Morgan fingerprint density at radius 2 is 1.57 bits per heavy atom. The number of benzene rings is 3. The van der Waals surface area contributed by atoms with E-state index in [1.54, 1.807) is 0 Å². The lowest BCUT2D eigenvalue weighted by molar-refractivity contribution is -0.646. The van der Waals surface area contributed by atoms with Crippen LogP contribution in [0.4, 0.5) is 11.4 Å². The van der Waals surface area contributed by atoms with Crippen LogP contribution in [0.3, 0.4) is 0 Å². The van der Waals surface area contributed by atoms with Crippen LogP contribution in [-0.4, -0.2) is 12.8 Å². The van der Waals surface area contributed by atoms with E-state index in [9.17, 15) is 0 Å². The summed E-state index contributed by atoms with van der Waals surface area (Å²) in [7, 11) is 4.07. The first-order chi connectivity index (χ1) is 14.6. The summed E-state index contributed by atoms with van der Waals surface area (Å²) in [5, 5.41) is 11.4. The minimum absolute atomic E-state index is 0.811. The molecule has 0 amide bonds. The van der Waals surface area contributed by atoms with Gasteiger partial charge in [-0.15, -0.1) is 0 Å². The third-order valence-corrected chi connectivity index (χ3v) is 5.33. The van der Waals surface area contributed by atoms with Crippen LogP contribution in [0.25, 0.3) is 10.9 Å². The second-order valence-electron chi connectivity index (χ2n) is 7.43. The number of fused-ring (bicyclic) bond motifs is 1. The number of aryl methyl sites for hydroxylation is 1. The first-order valence-electron chi connectivity index (χ1n) is 10.2. The van der Waals surface area contributed by atoms with Gasteiger partial charge in [0.15, 0.2) is 0 Å². The fourth-order valence-electron chi connectivity index (χ4n) is 3.64. The van der Waals surface area contributed by atoms with E-state index >= 15 is 0 Å². The van der Waals surface area contributed by atoms with Gasteiger partial charge in [-0.2, -0.15) is 9.67 Å². The number of pyridine rings is 1. The summed E-state index contributed by atoms with van der Waals surface area (Å²) in [5.74, 6) is 0. The van der Waals surface area contributed by atoms with Gasteiger partial charge < -0.3 is 5.32 Å². The van der Waals surface area contributed by atoms with Crippen LogP contribution in [-0.2, 0) is 13.6 Å². The molecule has 0 unspecified atom stereocenters. The first-order valence-corrected chi connectivity index (χ1v) is 10.2. The van der Waals surface area contributed by atoms with Gasteiger partial charge in [0.05, 0.1) is 5.69 Å². The highest BCUT2D eigenvalue weighted by Crippen LogP contribution is 2.18. The molecule has 4 heteroatoms. The molecular weight excluding hydrogens is 368 g/mol. The van der Waals surface area contributed by atoms with Crippen molar-refractivity contribution < 1.29 is 4.57 Å². The standard InChI is InChI=1S/C26H27N4/c1-20(25-18-13-22-11-7-8-12-26(22)29(25)2)28-30(3)24-16-14-23(15-17-24)27-19-21-9-5-4-6-10-21/h4-18,27H,19H2,1-3H3/q+1. The van der Waals surface area contributed by atoms with Crippen molar-refractivity contribution in [2.75, 3.05) is 17.4 Å². The highest BCUT2D eigenvalue weighted by Gasteiger charge is 2.15. The molecule has 0 aliphatic heterocycles. The lowest BCUT2D eigenvalue weighted by Gasteiger charge is -2.15. The molecule has 0 aliphatic carbocycles. The van der Waals surface area contributed by atoms with Crippen molar-refractivity contribution in [1.29, 1.82) is 0 Å². The molecule has 3 aromatic carbocycles. The van der Waals surface area contributed by atoms with E-state index in [4.69, 9.17) is 5.10 Å². The van der Waals surface area contributed by atoms with Crippen molar-refractivity contribution in [3.05, 3.63) is 102 Å². The van der Waals surface area contributed by atoms with E-state index in [-0.39, 0.29) is 0 Å². The molecular formula is C26H27N4+. The van der Waals surface area contributed by atoms with Crippen molar-refractivity contribution >= 4 is 28.0 Å². The Kier molecular flexibility index (Phi) is 5.75. The first kappa shape index (κ1) is 19.6. The van der Waals surface area contributed by atoms with Crippen LogP contribution < -0.4 is 14.9 Å². The van der Waals surface area contributed by atoms with Gasteiger partial charge in [-0.05, 0) is 48.9 Å². The molecule has 0 bridgehead atoms. The largest absolute Gasteiger partial charge is 0.381 e. The smallest absolute Gasteiger partial charge is 0.228 e. The third kappa shape index (κ3) is 4.33. The van der Waals surface area contributed by atoms with Crippen LogP contribution in [0.2, 0.25) is 0 Å². The maximum atomic E-state index is 4.82. The molecule has 0 aliphatic rings. The second kappa shape index (κ2) is 8.78. The quantitative estimate of drug-likeness (QED) is 0.279. The van der Waals surface area contributed by atoms with Gasteiger partial charge in [-0.3, -0.25) is 5.01 Å². The van der Waals surface area contributed by atoms with Gasteiger partial charge >= 0.3 is 0 Å². The lowest BCUT2D eigenvalue weighted by atomic mass is 10.1. The van der Waals surface area contributed by atoms with Crippen molar-refractivity contribution in [1.82, 2.24) is 0 Å². The zero-order valence-electron chi connectivity index (χ0n) is 17.7. The van der Waals surface area contributed by atoms with Crippen LogP contribution in [0.1, 0.15) is 18.2 Å². The second-order valence-corrected chi connectivity index (χ2v) is 7.43. The number of hydrazone groups is 1. The fraction of sp³-hybridized carbons (Fsp3) is 0.154. The van der Waals surface area contributed by atoms with Crippen molar-refractivity contribution in [3.8, 4) is 0 Å². The Labute approximate surface area is 178 Å². The molecule has 1 N–H and O–H groups in total. The molecule has 0 saturated heterocycles. The molecule has 30 heavy (non-hydrogen) atoms. The predicted octanol–water partition coefficient (Wildman–Crippen LogP) is 5.14. The fourth-order valence-corrected chi connectivity index (χ4v) is 3.64. The average molecular weight is 396 g/mol. The summed E-state index contributed by atoms with van der Waals surface area (Å²) < 4.78 is 2.19. The molecule has 0 spiro atoms. The van der Waals surface area contributed by atoms with Crippen molar-refractivity contribution in [3.63, 3.8) is 0 Å². The Bertz CT molecular complexity index is 1160. The molecule has 1 aromatic heterocycles. The average Bonchev–Trinajstić information content (AvgIpc) is 2.79. The van der Waals surface area contributed by atoms with Crippen molar-refractivity contribution in [2.45, 2.75) is 13.5 Å². The topological polar surface area (TPSA) is 31.5 Å². The monoisotopic (exact) mass is 395 g/mol. The molecule has 0 fully saturated rings. The summed E-state index contributed by atoms with van der Waals surface area (Å²) in [6.07, 6.45) is 0. The molecule has 0 saturated carbocycles. The van der Waals surface area contributed by atoms with E-state index in [2.05, 4.69) is 109 Å². The summed E-state index contributed by atoms with van der Waals surface area (Å²) in [5.41, 5.74) is 6.67. The maximum absolute atomic E-state index is 4.82. The number of hydrogen-bond donors (Lipinski definition) is 1. The Balaban J connectivity index is 1.48. The number of anilines is 2. The van der Waals surface area contributed by atoms with E-state index in [0.717, 1.165) is 29.3 Å². The van der Waals surface area contributed by atoms with E-state index in [0.29, 0.717) is 0 Å². The number of nitrogens with one attached hydrogen (secondary N) is 1. The SMILES string of the molecule is CC(=NN(C)c1ccc(NCc2ccccc2)cc1)c1ccc2ccccc2[n+]1C. The number of para-hydroxylation sites is 1. The highest BCUT2D eigenvalue weighted by molar-refractivity contribution is 5.97. The van der Waals surface area contributed by atoms with Crippen LogP contribution in [0, 0.1) is 0 Å². The molecule has 150 valence electrons. The minimum atomic E-state index is 0.811. The maximum Gasteiger partial charge on any atom is 0.228 e. The minimum Gasteiger partial charge on any atom is -0.381 e. The lowest BCUT2D eigenvalue weighted by Crippen LogP contribution is -2.37. The molecule has 4 rings (SSSR count).